The van der Waals surface area contributed by atoms with Crippen LogP contribution in [0.1, 0.15) is 11.1 Å². The van der Waals surface area contributed by atoms with Crippen LogP contribution in [0.3, 0.4) is 0 Å². The first-order chi connectivity index (χ1) is 10.2. The summed E-state index contributed by atoms with van der Waals surface area (Å²) >= 11 is 3.44. The lowest BCUT2D eigenvalue weighted by Gasteiger charge is -2.11. The van der Waals surface area contributed by atoms with Crippen molar-refractivity contribution in [2.75, 3.05) is 20.3 Å². The van der Waals surface area contributed by atoms with Gasteiger partial charge in [0.15, 0.2) is 0 Å². The predicted octanol–water partition coefficient (Wildman–Crippen LogP) is 3.93. The SMILES string of the molecule is CNCc1cccc(OCCOc2ccc(Br)cc2C)c1. The minimum atomic E-state index is 0.526. The molecule has 0 radical (unpaired) electrons. The molecule has 4 heteroatoms. The Labute approximate surface area is 134 Å². The molecular weight excluding hydrogens is 330 g/mol. The van der Waals surface area contributed by atoms with Crippen LogP contribution >= 0.6 is 15.9 Å². The number of rotatable bonds is 7. The van der Waals surface area contributed by atoms with Crippen molar-refractivity contribution in [3.8, 4) is 11.5 Å². The monoisotopic (exact) mass is 349 g/mol. The Kier molecular flexibility index (Phi) is 6.08. The van der Waals surface area contributed by atoms with E-state index >= 15 is 0 Å². The molecule has 0 spiro atoms. The second-order valence-electron chi connectivity index (χ2n) is 4.78. The van der Waals surface area contributed by atoms with E-state index in [2.05, 4.69) is 27.3 Å². The Hall–Kier alpha value is -1.52. The highest BCUT2D eigenvalue weighted by Crippen LogP contribution is 2.22. The van der Waals surface area contributed by atoms with Crippen molar-refractivity contribution in [2.24, 2.45) is 0 Å². The van der Waals surface area contributed by atoms with Crippen LogP contribution in [-0.2, 0) is 6.54 Å². The van der Waals surface area contributed by atoms with Crippen LogP contribution < -0.4 is 14.8 Å². The Morgan fingerprint density at radius 3 is 2.62 bits per heavy atom. The lowest BCUT2D eigenvalue weighted by molar-refractivity contribution is 0.216. The molecule has 0 aliphatic carbocycles. The van der Waals surface area contributed by atoms with Gasteiger partial charge in [0.2, 0.25) is 0 Å². The van der Waals surface area contributed by atoms with Gasteiger partial charge in [0.1, 0.15) is 24.7 Å². The van der Waals surface area contributed by atoms with Crippen LogP contribution in [-0.4, -0.2) is 20.3 Å². The highest BCUT2D eigenvalue weighted by molar-refractivity contribution is 9.10. The van der Waals surface area contributed by atoms with Gasteiger partial charge in [-0.2, -0.15) is 0 Å². The second kappa shape index (κ2) is 8.05. The summed E-state index contributed by atoms with van der Waals surface area (Å²) in [6.45, 7) is 3.92. The van der Waals surface area contributed by atoms with E-state index < -0.39 is 0 Å². The van der Waals surface area contributed by atoms with E-state index in [0.717, 1.165) is 28.1 Å². The lowest BCUT2D eigenvalue weighted by atomic mass is 10.2. The Morgan fingerprint density at radius 2 is 1.86 bits per heavy atom. The molecule has 21 heavy (non-hydrogen) atoms. The van der Waals surface area contributed by atoms with Gasteiger partial charge in [-0.3, -0.25) is 0 Å². The van der Waals surface area contributed by atoms with Crippen molar-refractivity contribution in [3.63, 3.8) is 0 Å². The van der Waals surface area contributed by atoms with Gasteiger partial charge in [0.25, 0.3) is 0 Å². The summed E-state index contributed by atoms with van der Waals surface area (Å²) in [6, 6.07) is 14.1. The molecule has 0 aliphatic rings. The van der Waals surface area contributed by atoms with Crippen molar-refractivity contribution in [1.29, 1.82) is 0 Å². The summed E-state index contributed by atoms with van der Waals surface area (Å²) in [7, 11) is 1.93. The van der Waals surface area contributed by atoms with Crippen LogP contribution in [0.15, 0.2) is 46.9 Å². The van der Waals surface area contributed by atoms with Crippen molar-refractivity contribution in [1.82, 2.24) is 5.32 Å². The normalized spacial score (nSPS) is 10.4. The molecule has 2 aromatic rings. The van der Waals surface area contributed by atoms with Gasteiger partial charge in [0, 0.05) is 11.0 Å². The molecule has 0 aromatic heterocycles. The van der Waals surface area contributed by atoms with Crippen LogP contribution in [0.4, 0.5) is 0 Å². The Balaban J connectivity index is 1.80. The molecule has 0 saturated carbocycles. The molecule has 0 aliphatic heterocycles. The predicted molar refractivity (Wildman–Crippen MR) is 89.1 cm³/mol. The highest BCUT2D eigenvalue weighted by Gasteiger charge is 2.01. The van der Waals surface area contributed by atoms with Gasteiger partial charge in [-0.05, 0) is 55.4 Å². The van der Waals surface area contributed by atoms with E-state index in [4.69, 9.17) is 9.47 Å². The first kappa shape index (κ1) is 15.9. The molecule has 0 amide bonds. The van der Waals surface area contributed by atoms with Gasteiger partial charge >= 0.3 is 0 Å². The van der Waals surface area contributed by atoms with E-state index in [1.165, 1.54) is 5.56 Å². The largest absolute Gasteiger partial charge is 0.490 e. The number of nitrogens with one attached hydrogen (secondary N) is 1. The third-order valence-corrected chi connectivity index (χ3v) is 3.52. The fourth-order valence-electron chi connectivity index (χ4n) is 2.04. The average molecular weight is 350 g/mol. The molecule has 112 valence electrons. The first-order valence-corrected chi connectivity index (χ1v) is 7.73. The highest BCUT2D eigenvalue weighted by atomic mass is 79.9. The molecule has 1 N–H and O–H groups in total. The molecule has 3 nitrogen and oxygen atoms in total. The number of hydrogen-bond acceptors (Lipinski definition) is 3. The van der Waals surface area contributed by atoms with E-state index in [0.29, 0.717) is 13.2 Å². The minimum Gasteiger partial charge on any atom is -0.490 e. The number of ether oxygens (including phenoxy) is 2. The second-order valence-corrected chi connectivity index (χ2v) is 5.70. The zero-order valence-corrected chi connectivity index (χ0v) is 13.9. The maximum Gasteiger partial charge on any atom is 0.122 e. The van der Waals surface area contributed by atoms with E-state index in [1.807, 2.05) is 50.4 Å². The number of benzene rings is 2. The summed E-state index contributed by atoms with van der Waals surface area (Å²) in [4.78, 5) is 0. The fraction of sp³-hybridized carbons (Fsp3) is 0.294. The van der Waals surface area contributed by atoms with Gasteiger partial charge in [-0.15, -0.1) is 0 Å². The van der Waals surface area contributed by atoms with E-state index in [-0.39, 0.29) is 0 Å². The molecule has 0 bridgehead atoms. The van der Waals surface area contributed by atoms with Crippen molar-refractivity contribution in [2.45, 2.75) is 13.5 Å². The fourth-order valence-corrected chi connectivity index (χ4v) is 2.51. The lowest BCUT2D eigenvalue weighted by Crippen LogP contribution is -2.10. The number of aryl methyl sites for hydroxylation is 1. The molecule has 0 saturated heterocycles. The summed E-state index contributed by atoms with van der Waals surface area (Å²) in [5, 5.41) is 3.13. The molecule has 2 rings (SSSR count). The zero-order valence-electron chi connectivity index (χ0n) is 12.4. The summed E-state index contributed by atoms with van der Waals surface area (Å²) < 4.78 is 12.5. The maximum absolute atomic E-state index is 5.73. The summed E-state index contributed by atoms with van der Waals surface area (Å²) in [5.41, 5.74) is 2.32. The topological polar surface area (TPSA) is 30.5 Å². The van der Waals surface area contributed by atoms with Crippen LogP contribution in [0.2, 0.25) is 0 Å². The summed E-state index contributed by atoms with van der Waals surface area (Å²) in [5.74, 6) is 1.77. The maximum atomic E-state index is 5.73. The van der Waals surface area contributed by atoms with E-state index in [1.54, 1.807) is 0 Å². The van der Waals surface area contributed by atoms with E-state index in [9.17, 15) is 0 Å². The summed E-state index contributed by atoms with van der Waals surface area (Å²) in [6.07, 6.45) is 0. The molecular formula is C17H20BrNO2. The Morgan fingerprint density at radius 1 is 1.05 bits per heavy atom. The van der Waals surface area contributed by atoms with Crippen LogP contribution in [0, 0.1) is 6.92 Å². The smallest absolute Gasteiger partial charge is 0.122 e. The minimum absolute atomic E-state index is 0.526. The van der Waals surface area contributed by atoms with Crippen LogP contribution in [0.25, 0.3) is 0 Å². The molecule has 0 unspecified atom stereocenters. The van der Waals surface area contributed by atoms with Gasteiger partial charge < -0.3 is 14.8 Å². The van der Waals surface area contributed by atoms with Crippen LogP contribution in [0.5, 0.6) is 11.5 Å². The first-order valence-electron chi connectivity index (χ1n) is 6.94. The van der Waals surface area contributed by atoms with Gasteiger partial charge in [-0.25, -0.2) is 0 Å². The third kappa shape index (κ3) is 5.06. The Bertz CT molecular complexity index is 587. The average Bonchev–Trinajstić information content (AvgIpc) is 2.46. The quantitative estimate of drug-likeness (QED) is 0.768. The van der Waals surface area contributed by atoms with Crippen molar-refractivity contribution < 1.29 is 9.47 Å². The molecule has 0 heterocycles. The number of halogens is 1. The zero-order chi connectivity index (χ0) is 15.1. The van der Waals surface area contributed by atoms with Gasteiger partial charge in [0.05, 0.1) is 0 Å². The molecule has 2 aromatic carbocycles. The van der Waals surface area contributed by atoms with Gasteiger partial charge in [-0.1, -0.05) is 28.1 Å². The molecule has 0 atom stereocenters. The molecule has 0 fully saturated rings. The number of hydrogen-bond donors (Lipinski definition) is 1. The third-order valence-electron chi connectivity index (χ3n) is 3.03. The van der Waals surface area contributed by atoms with Crippen molar-refractivity contribution >= 4 is 15.9 Å². The standard InChI is InChI=1S/C17H20BrNO2/c1-13-10-15(18)6-7-17(13)21-9-8-20-16-5-3-4-14(11-16)12-19-2/h3-7,10-11,19H,8-9,12H2,1-2H3. The van der Waals surface area contributed by atoms with Crippen molar-refractivity contribution in [3.05, 3.63) is 58.1 Å².